The van der Waals surface area contributed by atoms with Crippen LogP contribution < -0.4 is 11.3 Å². The third kappa shape index (κ3) is 1.11. The van der Waals surface area contributed by atoms with Crippen LogP contribution in [0.1, 0.15) is 0 Å². The van der Waals surface area contributed by atoms with Crippen LogP contribution in [0.25, 0.3) is 0 Å². The highest BCUT2D eigenvalue weighted by atomic mass is 15.2. The molecule has 0 heterocycles. The zero-order valence-electron chi connectivity index (χ0n) is 5.33. The van der Waals surface area contributed by atoms with Crippen molar-refractivity contribution >= 4 is 11.4 Å². The van der Waals surface area contributed by atoms with E-state index in [0.29, 0.717) is 11.4 Å². The summed E-state index contributed by atoms with van der Waals surface area (Å²) >= 11 is 0. The highest BCUT2D eigenvalue weighted by molar-refractivity contribution is 5.63. The molecule has 1 aromatic carbocycles. The molecular weight excluding hydrogens is 128 g/mol. The zero-order chi connectivity index (χ0) is 7.40. The zero-order valence-corrected chi connectivity index (χ0v) is 5.33. The summed E-state index contributed by atoms with van der Waals surface area (Å²) in [4.78, 5) is 0. The van der Waals surface area contributed by atoms with Crippen molar-refractivity contribution in [2.45, 2.75) is 0 Å². The second-order valence-electron chi connectivity index (χ2n) is 1.77. The number of hydrazine groups is 1. The Hall–Kier alpha value is -1.42. The van der Waals surface area contributed by atoms with E-state index in [-0.39, 0.29) is 0 Å². The second kappa shape index (κ2) is 2.93. The van der Waals surface area contributed by atoms with Gasteiger partial charge in [0.15, 0.2) is 0 Å². The molecule has 0 unspecified atom stereocenters. The van der Waals surface area contributed by atoms with Crippen LogP contribution in [-0.2, 0) is 0 Å². The fourth-order valence-corrected chi connectivity index (χ4v) is 0.693. The van der Waals surface area contributed by atoms with Crippen LogP contribution in [0.15, 0.2) is 29.4 Å². The van der Waals surface area contributed by atoms with Crippen LogP contribution in [0.5, 0.6) is 0 Å². The lowest BCUT2D eigenvalue weighted by Crippen LogP contribution is -2.06. The largest absolute Gasteiger partial charge is 0.322 e. The summed E-state index contributed by atoms with van der Waals surface area (Å²) in [6.07, 6.45) is 0. The third-order valence-corrected chi connectivity index (χ3v) is 1.18. The number of hydrogen-bond acceptors (Lipinski definition) is 4. The minimum Gasteiger partial charge on any atom is -0.322 e. The van der Waals surface area contributed by atoms with Gasteiger partial charge in [0.25, 0.3) is 0 Å². The molecule has 0 radical (unpaired) electrons. The van der Waals surface area contributed by atoms with Crippen molar-refractivity contribution in [1.82, 2.24) is 0 Å². The fraction of sp³-hybridized carbons (Fsp3) is 0. The number of rotatable bonds is 2. The Bertz CT molecular complexity index is 233. The summed E-state index contributed by atoms with van der Waals surface area (Å²) in [5.41, 5.74) is 10.4. The van der Waals surface area contributed by atoms with Gasteiger partial charge >= 0.3 is 0 Å². The number of nitrogen functional groups attached to an aromatic ring is 1. The predicted molar refractivity (Wildman–Crippen MR) is 39.1 cm³/mol. The van der Waals surface area contributed by atoms with Crippen molar-refractivity contribution in [2.24, 2.45) is 11.0 Å². The number of para-hydroxylation sites is 2. The third-order valence-electron chi connectivity index (χ3n) is 1.18. The van der Waals surface area contributed by atoms with Gasteiger partial charge in [-0.2, -0.15) is 5.11 Å². The number of nitrogens with zero attached hydrogens (tertiary/aromatic N) is 1. The van der Waals surface area contributed by atoms with Gasteiger partial charge in [-0.1, -0.05) is 12.1 Å². The molecule has 0 aliphatic rings. The molecule has 0 atom stereocenters. The van der Waals surface area contributed by atoms with Crippen molar-refractivity contribution in [1.29, 1.82) is 5.53 Å². The molecule has 0 bridgehead atoms. The normalized spacial score (nSPS) is 8.90. The Kier molecular flexibility index (Phi) is 1.96. The molecule has 52 valence electrons. The minimum atomic E-state index is 0.546. The van der Waals surface area contributed by atoms with Crippen molar-refractivity contribution in [3.8, 4) is 0 Å². The summed E-state index contributed by atoms with van der Waals surface area (Å²) < 4.78 is 0. The molecule has 0 fully saturated rings. The van der Waals surface area contributed by atoms with E-state index in [0.717, 1.165) is 0 Å². The van der Waals surface area contributed by atoms with E-state index >= 15 is 0 Å². The Balaban J connectivity index is 3.08. The van der Waals surface area contributed by atoms with Crippen molar-refractivity contribution in [2.75, 3.05) is 5.43 Å². The highest BCUT2D eigenvalue weighted by Gasteiger charge is 1.94. The maximum Gasteiger partial charge on any atom is 0.109 e. The van der Waals surface area contributed by atoms with Gasteiger partial charge in [0, 0.05) is 0 Å². The van der Waals surface area contributed by atoms with E-state index in [9.17, 15) is 0 Å². The van der Waals surface area contributed by atoms with Crippen LogP contribution in [0.2, 0.25) is 0 Å². The highest BCUT2D eigenvalue weighted by Crippen LogP contribution is 2.21. The summed E-state index contributed by atoms with van der Waals surface area (Å²) in [6.45, 7) is 0. The molecule has 0 aliphatic heterocycles. The first kappa shape index (κ1) is 6.70. The molecule has 1 rings (SSSR count). The van der Waals surface area contributed by atoms with Gasteiger partial charge in [0.1, 0.15) is 5.69 Å². The maximum atomic E-state index is 6.72. The fourth-order valence-electron chi connectivity index (χ4n) is 0.693. The first-order chi connectivity index (χ1) is 4.88. The first-order valence-corrected chi connectivity index (χ1v) is 2.81. The van der Waals surface area contributed by atoms with E-state index in [2.05, 4.69) is 10.5 Å². The van der Waals surface area contributed by atoms with Crippen LogP contribution in [0.4, 0.5) is 11.4 Å². The van der Waals surface area contributed by atoms with Crippen LogP contribution in [-0.4, -0.2) is 0 Å². The van der Waals surface area contributed by atoms with Gasteiger partial charge in [0.2, 0.25) is 0 Å². The average Bonchev–Trinajstić information content (AvgIpc) is 2.04. The molecule has 0 aliphatic carbocycles. The van der Waals surface area contributed by atoms with Gasteiger partial charge in [-0.25, -0.2) is 5.53 Å². The summed E-state index contributed by atoms with van der Waals surface area (Å²) in [5, 5.41) is 3.25. The lowest BCUT2D eigenvalue weighted by atomic mass is 10.3. The first-order valence-electron chi connectivity index (χ1n) is 2.81. The number of anilines is 1. The number of hydrogen-bond donors (Lipinski definition) is 3. The number of benzene rings is 1. The van der Waals surface area contributed by atoms with Crippen LogP contribution in [0, 0.1) is 5.53 Å². The molecule has 4 heteroatoms. The van der Waals surface area contributed by atoms with E-state index in [1.165, 1.54) is 0 Å². The average molecular weight is 136 g/mol. The number of nitrogens with two attached hydrogens (primary N) is 1. The molecular formula is C6H8N4. The lowest BCUT2D eigenvalue weighted by molar-refractivity contribution is 1.14. The Labute approximate surface area is 58.5 Å². The smallest absolute Gasteiger partial charge is 0.109 e. The van der Waals surface area contributed by atoms with Crippen molar-refractivity contribution in [3.05, 3.63) is 24.3 Å². The van der Waals surface area contributed by atoms with E-state index < -0.39 is 0 Å². The van der Waals surface area contributed by atoms with Crippen LogP contribution >= 0.6 is 0 Å². The molecule has 0 aromatic heterocycles. The molecule has 10 heavy (non-hydrogen) atoms. The summed E-state index contributed by atoms with van der Waals surface area (Å²) in [6, 6.07) is 7.09. The second-order valence-corrected chi connectivity index (χ2v) is 1.77. The summed E-state index contributed by atoms with van der Waals surface area (Å²) in [5.74, 6) is 5.13. The molecule has 0 spiro atoms. The van der Waals surface area contributed by atoms with Gasteiger partial charge in [0.05, 0.1) is 5.69 Å². The van der Waals surface area contributed by atoms with Gasteiger partial charge < -0.3 is 5.43 Å². The molecule has 1 aromatic rings. The van der Waals surface area contributed by atoms with E-state index in [1.54, 1.807) is 18.2 Å². The standard InChI is InChI=1S/C6H8N4/c7-9-5-3-1-2-4-6(5)10-8/h1-4,7,10H,8H2. The Morgan fingerprint density at radius 2 is 2.10 bits per heavy atom. The van der Waals surface area contributed by atoms with Crippen molar-refractivity contribution < 1.29 is 0 Å². The quantitative estimate of drug-likeness (QED) is 0.328. The Morgan fingerprint density at radius 3 is 2.60 bits per heavy atom. The van der Waals surface area contributed by atoms with E-state index in [1.807, 2.05) is 6.07 Å². The van der Waals surface area contributed by atoms with Crippen LogP contribution in [0.3, 0.4) is 0 Å². The molecule has 0 saturated carbocycles. The topological polar surface area (TPSA) is 74.3 Å². The Morgan fingerprint density at radius 1 is 1.40 bits per heavy atom. The van der Waals surface area contributed by atoms with Gasteiger partial charge in [-0.05, 0) is 12.1 Å². The van der Waals surface area contributed by atoms with Gasteiger partial charge in [-0.15, -0.1) is 0 Å². The molecule has 0 amide bonds. The predicted octanol–water partition coefficient (Wildman–Crippen LogP) is 1.63. The van der Waals surface area contributed by atoms with Crippen molar-refractivity contribution in [3.63, 3.8) is 0 Å². The minimum absolute atomic E-state index is 0.546. The maximum absolute atomic E-state index is 6.72. The lowest BCUT2D eigenvalue weighted by Gasteiger charge is -2.00. The molecule has 4 nitrogen and oxygen atoms in total. The monoisotopic (exact) mass is 136 g/mol. The molecule has 0 saturated heterocycles. The SMILES string of the molecule is N=Nc1ccccc1NN. The van der Waals surface area contributed by atoms with Gasteiger partial charge in [-0.3, -0.25) is 5.84 Å². The molecule has 4 N–H and O–H groups in total. The number of nitrogens with one attached hydrogen (secondary N) is 2. The summed E-state index contributed by atoms with van der Waals surface area (Å²) in [7, 11) is 0. The van der Waals surface area contributed by atoms with E-state index in [4.69, 9.17) is 11.4 Å².